The highest BCUT2D eigenvalue weighted by atomic mass is 35.5. The average Bonchev–Trinajstić information content (AvgIpc) is 2.65. The molecular formula is C9H10ClNO4S. The lowest BCUT2D eigenvalue weighted by Gasteiger charge is -2.08. The van der Waals surface area contributed by atoms with E-state index in [1.807, 2.05) is 0 Å². The van der Waals surface area contributed by atoms with Crippen molar-refractivity contribution in [3.63, 3.8) is 0 Å². The van der Waals surface area contributed by atoms with Gasteiger partial charge in [0.1, 0.15) is 0 Å². The summed E-state index contributed by atoms with van der Waals surface area (Å²) in [4.78, 5) is 0. The molecule has 0 atom stereocenters. The van der Waals surface area contributed by atoms with E-state index in [1.165, 1.54) is 12.1 Å². The van der Waals surface area contributed by atoms with E-state index in [1.54, 1.807) is 6.92 Å². The maximum atomic E-state index is 11.4. The Morgan fingerprint density at radius 1 is 1.38 bits per heavy atom. The summed E-state index contributed by atoms with van der Waals surface area (Å²) in [6, 6.07) is 3.04. The Morgan fingerprint density at radius 2 is 2.00 bits per heavy atom. The van der Waals surface area contributed by atoms with Crippen LogP contribution in [0.15, 0.2) is 12.1 Å². The molecule has 7 heteroatoms. The molecule has 1 aliphatic heterocycles. The Bertz CT molecular complexity index is 514. The van der Waals surface area contributed by atoms with Gasteiger partial charge < -0.3 is 9.47 Å². The predicted molar refractivity (Wildman–Crippen MR) is 60.7 cm³/mol. The molecule has 0 aliphatic carbocycles. The molecule has 1 N–H and O–H groups in total. The fourth-order valence-corrected chi connectivity index (χ4v) is 2.14. The topological polar surface area (TPSA) is 64.6 Å². The van der Waals surface area contributed by atoms with Gasteiger partial charge in [-0.05, 0) is 6.92 Å². The van der Waals surface area contributed by atoms with Gasteiger partial charge in [0.05, 0.1) is 16.5 Å². The van der Waals surface area contributed by atoms with Crippen LogP contribution in [-0.4, -0.2) is 21.0 Å². The van der Waals surface area contributed by atoms with Gasteiger partial charge in [0.2, 0.25) is 16.8 Å². The number of sulfonamides is 1. The fourth-order valence-electron chi connectivity index (χ4n) is 1.24. The molecule has 5 nitrogen and oxygen atoms in total. The SMILES string of the molecule is CCS(=O)(=O)Nc1cc2c(cc1Cl)OCO2. The smallest absolute Gasteiger partial charge is 0.232 e. The summed E-state index contributed by atoms with van der Waals surface area (Å²) >= 11 is 5.91. The predicted octanol–water partition coefficient (Wildman–Crippen LogP) is 1.83. The number of hydrogen-bond donors (Lipinski definition) is 1. The Kier molecular flexibility index (Phi) is 2.86. The van der Waals surface area contributed by atoms with Crippen molar-refractivity contribution >= 4 is 27.3 Å². The molecule has 2 rings (SSSR count). The van der Waals surface area contributed by atoms with Gasteiger partial charge in [-0.2, -0.15) is 0 Å². The number of ether oxygens (including phenoxy) is 2. The second kappa shape index (κ2) is 4.03. The van der Waals surface area contributed by atoms with Gasteiger partial charge in [-0.25, -0.2) is 8.42 Å². The van der Waals surface area contributed by atoms with E-state index in [2.05, 4.69) is 4.72 Å². The lowest BCUT2D eigenvalue weighted by Crippen LogP contribution is -2.14. The Hall–Kier alpha value is -1.14. The summed E-state index contributed by atoms with van der Waals surface area (Å²) < 4.78 is 35.4. The zero-order valence-electron chi connectivity index (χ0n) is 8.49. The second-order valence-corrected chi connectivity index (χ2v) is 5.61. The van der Waals surface area contributed by atoms with Crippen molar-refractivity contribution in [1.82, 2.24) is 0 Å². The Morgan fingerprint density at radius 3 is 2.62 bits per heavy atom. The molecule has 0 fully saturated rings. The number of anilines is 1. The van der Waals surface area contributed by atoms with Crippen molar-refractivity contribution in [2.24, 2.45) is 0 Å². The van der Waals surface area contributed by atoms with Crippen LogP contribution in [0, 0.1) is 0 Å². The van der Waals surface area contributed by atoms with Gasteiger partial charge in [-0.3, -0.25) is 4.72 Å². The molecule has 0 unspecified atom stereocenters. The number of halogens is 1. The summed E-state index contributed by atoms with van der Waals surface area (Å²) in [5.74, 6) is 0.986. The van der Waals surface area contributed by atoms with Crippen molar-refractivity contribution in [3.05, 3.63) is 17.2 Å². The second-order valence-electron chi connectivity index (χ2n) is 3.19. The number of hydrogen-bond acceptors (Lipinski definition) is 4. The van der Waals surface area contributed by atoms with Gasteiger partial charge in [0, 0.05) is 12.1 Å². The molecule has 0 saturated heterocycles. The van der Waals surface area contributed by atoms with Crippen molar-refractivity contribution < 1.29 is 17.9 Å². The summed E-state index contributed by atoms with van der Waals surface area (Å²) in [6.45, 7) is 1.67. The van der Waals surface area contributed by atoms with Gasteiger partial charge in [-0.1, -0.05) is 11.6 Å². The van der Waals surface area contributed by atoms with E-state index in [0.717, 1.165) is 0 Å². The van der Waals surface area contributed by atoms with E-state index in [9.17, 15) is 8.42 Å². The summed E-state index contributed by atoms with van der Waals surface area (Å²) in [7, 11) is -3.34. The minimum absolute atomic E-state index is 0.0161. The van der Waals surface area contributed by atoms with Crippen LogP contribution in [0.25, 0.3) is 0 Å². The van der Waals surface area contributed by atoms with Crippen LogP contribution in [0.2, 0.25) is 5.02 Å². The third-order valence-corrected chi connectivity index (χ3v) is 3.71. The van der Waals surface area contributed by atoms with E-state index < -0.39 is 10.0 Å². The Labute approximate surface area is 98.4 Å². The first-order valence-corrected chi connectivity index (χ1v) is 6.64. The average molecular weight is 264 g/mol. The van der Waals surface area contributed by atoms with Crippen LogP contribution < -0.4 is 14.2 Å². The summed E-state index contributed by atoms with van der Waals surface area (Å²) in [5.41, 5.74) is 0.299. The number of benzene rings is 1. The monoisotopic (exact) mass is 263 g/mol. The molecular weight excluding hydrogens is 254 g/mol. The van der Waals surface area contributed by atoms with Crippen LogP contribution in [0.4, 0.5) is 5.69 Å². The number of fused-ring (bicyclic) bond motifs is 1. The summed E-state index contributed by atoms with van der Waals surface area (Å²) in [5, 5.41) is 0.279. The highest BCUT2D eigenvalue weighted by Crippen LogP contribution is 2.39. The van der Waals surface area contributed by atoms with E-state index in [-0.39, 0.29) is 17.6 Å². The van der Waals surface area contributed by atoms with Crippen LogP contribution in [0.1, 0.15) is 6.92 Å². The molecule has 0 radical (unpaired) electrons. The van der Waals surface area contributed by atoms with Crippen LogP contribution in [0.5, 0.6) is 11.5 Å². The molecule has 16 heavy (non-hydrogen) atoms. The van der Waals surface area contributed by atoms with Crippen LogP contribution in [-0.2, 0) is 10.0 Å². The lowest BCUT2D eigenvalue weighted by molar-refractivity contribution is 0.174. The van der Waals surface area contributed by atoms with Gasteiger partial charge >= 0.3 is 0 Å². The van der Waals surface area contributed by atoms with Gasteiger partial charge in [-0.15, -0.1) is 0 Å². The quantitative estimate of drug-likeness (QED) is 0.904. The van der Waals surface area contributed by atoms with Crippen molar-refractivity contribution in [3.8, 4) is 11.5 Å². The molecule has 0 saturated carbocycles. The maximum absolute atomic E-state index is 11.4. The minimum atomic E-state index is -3.34. The number of nitrogens with one attached hydrogen (secondary N) is 1. The van der Waals surface area contributed by atoms with Crippen LogP contribution in [0.3, 0.4) is 0 Å². The molecule has 1 heterocycles. The number of rotatable bonds is 3. The first-order chi connectivity index (χ1) is 7.52. The van der Waals surface area contributed by atoms with E-state index in [4.69, 9.17) is 21.1 Å². The van der Waals surface area contributed by atoms with E-state index >= 15 is 0 Å². The molecule has 1 aliphatic rings. The lowest BCUT2D eigenvalue weighted by atomic mass is 10.3. The molecule has 0 amide bonds. The zero-order chi connectivity index (χ0) is 11.8. The molecule has 0 aromatic heterocycles. The molecule has 0 spiro atoms. The highest BCUT2D eigenvalue weighted by Gasteiger charge is 2.18. The van der Waals surface area contributed by atoms with Crippen molar-refractivity contribution in [2.45, 2.75) is 6.92 Å². The zero-order valence-corrected chi connectivity index (χ0v) is 10.1. The summed E-state index contributed by atoms with van der Waals surface area (Å²) in [6.07, 6.45) is 0. The molecule has 1 aromatic rings. The third kappa shape index (κ3) is 2.17. The largest absolute Gasteiger partial charge is 0.454 e. The fraction of sp³-hybridized carbons (Fsp3) is 0.333. The van der Waals surface area contributed by atoms with Crippen LogP contribution >= 0.6 is 11.6 Å². The molecule has 0 bridgehead atoms. The Balaban J connectivity index is 2.36. The maximum Gasteiger partial charge on any atom is 0.232 e. The first kappa shape index (κ1) is 11.3. The van der Waals surface area contributed by atoms with E-state index in [0.29, 0.717) is 17.2 Å². The molecule has 88 valence electrons. The minimum Gasteiger partial charge on any atom is -0.454 e. The van der Waals surface area contributed by atoms with Crippen molar-refractivity contribution in [2.75, 3.05) is 17.3 Å². The highest BCUT2D eigenvalue weighted by molar-refractivity contribution is 7.92. The normalized spacial score (nSPS) is 13.9. The van der Waals surface area contributed by atoms with Crippen molar-refractivity contribution in [1.29, 1.82) is 0 Å². The van der Waals surface area contributed by atoms with Gasteiger partial charge in [0.15, 0.2) is 11.5 Å². The first-order valence-electron chi connectivity index (χ1n) is 4.61. The van der Waals surface area contributed by atoms with Gasteiger partial charge in [0.25, 0.3) is 0 Å². The molecule has 1 aromatic carbocycles. The standard InChI is InChI=1S/C9H10ClNO4S/c1-2-16(12,13)11-7-4-9-8(3-6(7)10)14-5-15-9/h3-4,11H,2,5H2,1H3. The third-order valence-electron chi connectivity index (χ3n) is 2.11.